The minimum Gasteiger partial charge on any atom is -0.478 e. The first-order valence-corrected chi connectivity index (χ1v) is 8.12. The molecule has 1 aromatic heterocycles. The van der Waals surface area contributed by atoms with Crippen molar-refractivity contribution in [2.24, 2.45) is 0 Å². The van der Waals surface area contributed by atoms with Crippen molar-refractivity contribution in [1.29, 1.82) is 0 Å². The largest absolute Gasteiger partial charge is 0.478 e. The van der Waals surface area contributed by atoms with E-state index in [1.165, 1.54) is 17.4 Å². The second-order valence-corrected chi connectivity index (χ2v) is 6.39. The van der Waals surface area contributed by atoms with Crippen molar-refractivity contribution in [3.63, 3.8) is 0 Å². The summed E-state index contributed by atoms with van der Waals surface area (Å²) in [6.45, 7) is 6.00. The Morgan fingerprint density at radius 1 is 1.30 bits per heavy atom. The molecule has 2 aromatic rings. The number of hydrogen-bond donors (Lipinski definition) is 3. The third kappa shape index (κ3) is 4.29. The number of benzene rings is 1. The van der Waals surface area contributed by atoms with E-state index >= 15 is 0 Å². The standard InChI is InChI=1S/C16H19N3O3S/c1-4-10-7-11(5-6-12(10)14(20)21)18-15(22)19-16-17-8-13(23-16)9(2)3/h5-9H,4H2,1-3H3,(H,20,21)(H2,17,18,19,22). The van der Waals surface area contributed by atoms with Gasteiger partial charge in [-0.05, 0) is 36.1 Å². The average molecular weight is 333 g/mol. The Morgan fingerprint density at radius 3 is 2.61 bits per heavy atom. The number of rotatable bonds is 5. The molecule has 23 heavy (non-hydrogen) atoms. The number of nitrogens with zero attached hydrogens (tertiary/aromatic N) is 1. The first-order valence-electron chi connectivity index (χ1n) is 7.30. The molecule has 2 amide bonds. The Labute approximate surface area is 138 Å². The van der Waals surface area contributed by atoms with Gasteiger partial charge in [-0.25, -0.2) is 14.6 Å². The highest BCUT2D eigenvalue weighted by Gasteiger charge is 2.12. The normalized spacial score (nSPS) is 10.6. The summed E-state index contributed by atoms with van der Waals surface area (Å²) < 4.78 is 0. The second-order valence-electron chi connectivity index (χ2n) is 5.33. The molecule has 0 bridgehead atoms. The first kappa shape index (κ1) is 17.0. The molecule has 1 aromatic carbocycles. The van der Waals surface area contributed by atoms with Crippen LogP contribution < -0.4 is 10.6 Å². The highest BCUT2D eigenvalue weighted by atomic mass is 32.1. The van der Waals surface area contributed by atoms with Crippen LogP contribution >= 0.6 is 11.3 Å². The van der Waals surface area contributed by atoms with Gasteiger partial charge in [0.15, 0.2) is 5.13 Å². The third-order valence-corrected chi connectivity index (χ3v) is 4.50. The highest BCUT2D eigenvalue weighted by molar-refractivity contribution is 7.15. The lowest BCUT2D eigenvalue weighted by atomic mass is 10.0. The van der Waals surface area contributed by atoms with Crippen molar-refractivity contribution < 1.29 is 14.7 Å². The van der Waals surface area contributed by atoms with Gasteiger partial charge in [-0.15, -0.1) is 11.3 Å². The summed E-state index contributed by atoms with van der Waals surface area (Å²) in [5.74, 6) is -0.608. The van der Waals surface area contributed by atoms with Crippen molar-refractivity contribution in [1.82, 2.24) is 4.98 Å². The number of aromatic carboxylic acids is 1. The summed E-state index contributed by atoms with van der Waals surface area (Å²) >= 11 is 1.43. The first-order chi connectivity index (χ1) is 10.9. The minimum absolute atomic E-state index is 0.250. The van der Waals surface area contributed by atoms with Gasteiger partial charge in [0, 0.05) is 16.8 Å². The molecule has 0 aliphatic carbocycles. The molecule has 3 N–H and O–H groups in total. The number of aryl methyl sites for hydroxylation is 1. The topological polar surface area (TPSA) is 91.3 Å². The van der Waals surface area contributed by atoms with Crippen LogP contribution in [0.3, 0.4) is 0 Å². The van der Waals surface area contributed by atoms with Gasteiger partial charge in [-0.2, -0.15) is 0 Å². The summed E-state index contributed by atoms with van der Waals surface area (Å²) in [7, 11) is 0. The van der Waals surface area contributed by atoms with Crippen LogP contribution in [0.25, 0.3) is 0 Å². The number of nitrogens with one attached hydrogen (secondary N) is 2. The number of aromatic nitrogens is 1. The molecular weight excluding hydrogens is 314 g/mol. The van der Waals surface area contributed by atoms with Gasteiger partial charge in [0.2, 0.25) is 0 Å². The Bertz CT molecular complexity index is 725. The lowest BCUT2D eigenvalue weighted by Gasteiger charge is -2.09. The molecule has 0 saturated carbocycles. The minimum atomic E-state index is -0.971. The molecule has 0 fully saturated rings. The number of anilines is 2. The maximum Gasteiger partial charge on any atom is 0.335 e. The summed E-state index contributed by atoms with van der Waals surface area (Å²) in [6.07, 6.45) is 2.32. The summed E-state index contributed by atoms with van der Waals surface area (Å²) in [4.78, 5) is 28.4. The molecule has 2 rings (SSSR count). The summed E-state index contributed by atoms with van der Waals surface area (Å²) in [6, 6.07) is 4.34. The van der Waals surface area contributed by atoms with E-state index in [1.54, 1.807) is 18.3 Å². The molecule has 0 aliphatic rings. The fraction of sp³-hybridized carbons (Fsp3) is 0.312. The van der Waals surface area contributed by atoms with Gasteiger partial charge in [0.25, 0.3) is 0 Å². The van der Waals surface area contributed by atoms with Crippen LogP contribution in [0.2, 0.25) is 0 Å². The van der Waals surface area contributed by atoms with Crippen LogP contribution in [-0.4, -0.2) is 22.1 Å². The van der Waals surface area contributed by atoms with Crippen molar-refractivity contribution in [3.05, 3.63) is 40.4 Å². The Balaban J connectivity index is 2.06. The van der Waals surface area contributed by atoms with Gasteiger partial charge < -0.3 is 10.4 Å². The van der Waals surface area contributed by atoms with E-state index in [4.69, 9.17) is 5.11 Å². The third-order valence-electron chi connectivity index (χ3n) is 3.29. The SMILES string of the molecule is CCc1cc(NC(=O)Nc2ncc(C(C)C)s2)ccc1C(=O)O. The lowest BCUT2D eigenvalue weighted by molar-refractivity contribution is 0.0695. The molecule has 1 heterocycles. The maximum absolute atomic E-state index is 12.0. The molecule has 7 heteroatoms. The maximum atomic E-state index is 12.0. The van der Waals surface area contributed by atoms with Gasteiger partial charge in [-0.1, -0.05) is 20.8 Å². The van der Waals surface area contributed by atoms with E-state index in [2.05, 4.69) is 29.5 Å². The summed E-state index contributed by atoms with van der Waals surface area (Å²) in [5.41, 5.74) is 1.47. The smallest absolute Gasteiger partial charge is 0.335 e. The number of carboxylic acid groups (broad SMARTS) is 1. The number of carbonyl (C=O) groups excluding carboxylic acids is 1. The Kier molecular flexibility index (Phi) is 5.33. The number of urea groups is 1. The molecular formula is C16H19N3O3S. The van der Waals surface area contributed by atoms with Crippen molar-refractivity contribution >= 4 is 34.2 Å². The zero-order valence-electron chi connectivity index (χ0n) is 13.2. The molecule has 0 aliphatic heterocycles. The van der Waals surface area contributed by atoms with Crippen molar-refractivity contribution in [3.8, 4) is 0 Å². The van der Waals surface area contributed by atoms with E-state index in [-0.39, 0.29) is 5.56 Å². The van der Waals surface area contributed by atoms with Crippen LogP contribution in [0.5, 0.6) is 0 Å². The number of carboxylic acids is 1. The van der Waals surface area contributed by atoms with Crippen LogP contribution in [-0.2, 0) is 6.42 Å². The molecule has 122 valence electrons. The van der Waals surface area contributed by atoms with E-state index in [0.29, 0.717) is 28.7 Å². The van der Waals surface area contributed by atoms with Crippen molar-refractivity contribution in [2.75, 3.05) is 10.6 Å². The highest BCUT2D eigenvalue weighted by Crippen LogP contribution is 2.25. The fourth-order valence-electron chi connectivity index (χ4n) is 2.04. The van der Waals surface area contributed by atoms with Crippen LogP contribution in [0.15, 0.2) is 24.4 Å². The fourth-order valence-corrected chi connectivity index (χ4v) is 2.86. The van der Waals surface area contributed by atoms with E-state index in [9.17, 15) is 9.59 Å². The molecule has 0 saturated heterocycles. The monoisotopic (exact) mass is 333 g/mol. The quantitative estimate of drug-likeness (QED) is 0.766. The lowest BCUT2D eigenvalue weighted by Crippen LogP contribution is -2.19. The Hall–Kier alpha value is -2.41. The number of hydrogen-bond acceptors (Lipinski definition) is 4. The van der Waals surface area contributed by atoms with Crippen LogP contribution in [0.4, 0.5) is 15.6 Å². The van der Waals surface area contributed by atoms with Gasteiger partial charge in [0.1, 0.15) is 0 Å². The van der Waals surface area contributed by atoms with E-state index in [0.717, 1.165) is 4.88 Å². The van der Waals surface area contributed by atoms with E-state index in [1.807, 2.05) is 6.92 Å². The molecule has 0 atom stereocenters. The number of amides is 2. The van der Waals surface area contributed by atoms with Crippen LogP contribution in [0, 0.1) is 0 Å². The van der Waals surface area contributed by atoms with Crippen molar-refractivity contribution in [2.45, 2.75) is 33.1 Å². The second kappa shape index (κ2) is 7.23. The van der Waals surface area contributed by atoms with Gasteiger partial charge in [0.05, 0.1) is 5.56 Å². The van der Waals surface area contributed by atoms with E-state index < -0.39 is 12.0 Å². The molecule has 0 unspecified atom stereocenters. The average Bonchev–Trinajstić information content (AvgIpc) is 2.95. The zero-order chi connectivity index (χ0) is 17.0. The predicted octanol–water partition coefficient (Wildman–Crippen LogP) is 4.17. The molecule has 6 nitrogen and oxygen atoms in total. The molecule has 0 radical (unpaired) electrons. The van der Waals surface area contributed by atoms with Crippen LogP contribution in [0.1, 0.15) is 47.5 Å². The number of thiazole rings is 1. The number of carbonyl (C=O) groups is 2. The Morgan fingerprint density at radius 2 is 2.04 bits per heavy atom. The zero-order valence-corrected chi connectivity index (χ0v) is 14.0. The van der Waals surface area contributed by atoms with Gasteiger partial charge >= 0.3 is 12.0 Å². The predicted molar refractivity (Wildman–Crippen MR) is 91.6 cm³/mol. The summed E-state index contributed by atoms with van der Waals surface area (Å²) in [5, 5.41) is 15.0. The molecule has 0 spiro atoms. The van der Waals surface area contributed by atoms with Gasteiger partial charge in [-0.3, -0.25) is 5.32 Å².